The first-order valence-electron chi connectivity index (χ1n) is 4.49. The molecule has 2 aromatic rings. The molecule has 0 aromatic carbocycles. The molecule has 0 atom stereocenters. The number of halogens is 1. The van der Waals surface area contributed by atoms with Crippen LogP contribution in [0.4, 0.5) is 0 Å². The average Bonchev–Trinajstić information content (AvgIpc) is 2.83. The van der Waals surface area contributed by atoms with Crippen molar-refractivity contribution in [2.45, 2.75) is 18.9 Å². The van der Waals surface area contributed by atoms with Gasteiger partial charge in [-0.1, -0.05) is 0 Å². The summed E-state index contributed by atoms with van der Waals surface area (Å²) in [5.41, 5.74) is 0.940. The van der Waals surface area contributed by atoms with Gasteiger partial charge in [0.2, 0.25) is 5.88 Å². The Hall–Kier alpha value is -1.10. The van der Waals surface area contributed by atoms with Crippen molar-refractivity contribution in [3.63, 3.8) is 0 Å². The minimum atomic E-state index is 0.363. The fourth-order valence-electron chi connectivity index (χ4n) is 1.32. The Bertz CT molecular complexity index is 478. The number of nitrogens with zero attached hydrogens (tertiary/aromatic N) is 2. The summed E-state index contributed by atoms with van der Waals surface area (Å²) in [5, 5.41) is 7.82. The van der Waals surface area contributed by atoms with Gasteiger partial charge in [0.15, 0.2) is 0 Å². The van der Waals surface area contributed by atoms with Crippen LogP contribution in [0, 0.1) is 0 Å². The maximum Gasteiger partial charge on any atom is 0.224 e. The molecule has 0 aliphatic heterocycles. The fraction of sp³-hybridized carbons (Fsp3) is 0.333. The van der Waals surface area contributed by atoms with E-state index in [0.29, 0.717) is 12.0 Å². The predicted molar refractivity (Wildman–Crippen MR) is 55.2 cm³/mol. The van der Waals surface area contributed by atoms with Crippen LogP contribution < -0.4 is 4.74 Å². The van der Waals surface area contributed by atoms with Crippen LogP contribution in [-0.4, -0.2) is 21.3 Å². The normalized spacial score (nSPS) is 16.1. The summed E-state index contributed by atoms with van der Waals surface area (Å²) in [5.74, 6) is 0.680. The lowest BCUT2D eigenvalue weighted by Crippen LogP contribution is -1.98. The van der Waals surface area contributed by atoms with E-state index in [1.807, 2.05) is 0 Å². The molecule has 0 bridgehead atoms. The Morgan fingerprint density at radius 1 is 1.43 bits per heavy atom. The van der Waals surface area contributed by atoms with Crippen LogP contribution >= 0.6 is 15.9 Å². The number of hydrogen-bond acceptors (Lipinski definition) is 3. The van der Waals surface area contributed by atoms with Crippen molar-refractivity contribution in [3.8, 4) is 5.88 Å². The Morgan fingerprint density at radius 3 is 3.07 bits per heavy atom. The van der Waals surface area contributed by atoms with Crippen molar-refractivity contribution >= 4 is 26.8 Å². The first-order chi connectivity index (χ1) is 6.84. The average molecular weight is 254 g/mol. The monoisotopic (exact) mass is 253 g/mol. The predicted octanol–water partition coefficient (Wildman–Crippen LogP) is 2.26. The summed E-state index contributed by atoms with van der Waals surface area (Å²) in [4.78, 5) is 4.23. The van der Waals surface area contributed by atoms with Gasteiger partial charge in [0, 0.05) is 6.20 Å². The molecule has 1 aliphatic carbocycles. The van der Waals surface area contributed by atoms with E-state index in [0.717, 1.165) is 28.2 Å². The van der Waals surface area contributed by atoms with Gasteiger partial charge in [-0.05, 0) is 28.8 Å². The van der Waals surface area contributed by atoms with E-state index in [1.54, 1.807) is 12.4 Å². The van der Waals surface area contributed by atoms with Crippen molar-refractivity contribution in [1.82, 2.24) is 15.2 Å². The van der Waals surface area contributed by atoms with Gasteiger partial charge in [0.25, 0.3) is 0 Å². The van der Waals surface area contributed by atoms with Crippen LogP contribution in [0.3, 0.4) is 0 Å². The third-order valence-electron chi connectivity index (χ3n) is 2.21. The molecule has 1 aliphatic rings. The molecule has 1 N–H and O–H groups in total. The lowest BCUT2D eigenvalue weighted by Gasteiger charge is -2.04. The number of rotatable bonds is 2. The molecule has 0 unspecified atom stereocenters. The van der Waals surface area contributed by atoms with Crippen LogP contribution in [0.15, 0.2) is 16.9 Å². The number of pyridine rings is 1. The highest BCUT2D eigenvalue weighted by Gasteiger charge is 2.25. The van der Waals surface area contributed by atoms with Gasteiger partial charge in [-0.3, -0.25) is 5.10 Å². The van der Waals surface area contributed by atoms with Crippen LogP contribution in [0.1, 0.15) is 12.8 Å². The van der Waals surface area contributed by atoms with Crippen molar-refractivity contribution in [2.75, 3.05) is 0 Å². The number of fused-ring (bicyclic) bond motifs is 1. The topological polar surface area (TPSA) is 50.8 Å². The van der Waals surface area contributed by atoms with Gasteiger partial charge in [-0.15, -0.1) is 0 Å². The summed E-state index contributed by atoms with van der Waals surface area (Å²) < 4.78 is 6.57. The lowest BCUT2D eigenvalue weighted by molar-refractivity contribution is 0.295. The number of aromatic nitrogens is 3. The summed E-state index contributed by atoms with van der Waals surface area (Å²) in [6.07, 6.45) is 6.11. The van der Waals surface area contributed by atoms with Gasteiger partial charge < -0.3 is 4.74 Å². The second-order valence-electron chi connectivity index (χ2n) is 3.39. The van der Waals surface area contributed by atoms with E-state index in [2.05, 4.69) is 31.1 Å². The summed E-state index contributed by atoms with van der Waals surface area (Å²) >= 11 is 3.40. The first kappa shape index (κ1) is 8.23. The SMILES string of the molecule is Brc1cnc(OC2CC2)c2cn[nH]c12. The van der Waals surface area contributed by atoms with Crippen LogP contribution in [0.5, 0.6) is 5.88 Å². The Balaban J connectivity index is 2.12. The highest BCUT2D eigenvalue weighted by atomic mass is 79.9. The molecule has 5 heteroatoms. The van der Waals surface area contributed by atoms with E-state index in [1.165, 1.54) is 0 Å². The number of ether oxygens (including phenoxy) is 1. The maximum absolute atomic E-state index is 5.66. The number of aromatic amines is 1. The standard InChI is InChI=1S/C9H8BrN3O/c10-7-4-11-9(14-5-1-2-5)6-3-12-13-8(6)7/h3-5H,1-2H2,(H,12,13). The van der Waals surface area contributed by atoms with Crippen LogP contribution in [0.25, 0.3) is 10.9 Å². The highest BCUT2D eigenvalue weighted by Crippen LogP contribution is 2.32. The third kappa shape index (κ3) is 1.28. The van der Waals surface area contributed by atoms with Crippen LogP contribution in [-0.2, 0) is 0 Å². The molecule has 0 spiro atoms. The fourth-order valence-corrected chi connectivity index (χ4v) is 1.72. The molecule has 2 heterocycles. The lowest BCUT2D eigenvalue weighted by atomic mass is 10.3. The second-order valence-corrected chi connectivity index (χ2v) is 4.24. The molecule has 0 radical (unpaired) electrons. The van der Waals surface area contributed by atoms with E-state index in [-0.39, 0.29) is 0 Å². The minimum Gasteiger partial charge on any atom is -0.474 e. The van der Waals surface area contributed by atoms with E-state index >= 15 is 0 Å². The zero-order chi connectivity index (χ0) is 9.54. The second kappa shape index (κ2) is 2.95. The third-order valence-corrected chi connectivity index (χ3v) is 2.81. The van der Waals surface area contributed by atoms with E-state index < -0.39 is 0 Å². The molecule has 14 heavy (non-hydrogen) atoms. The molecule has 1 fully saturated rings. The van der Waals surface area contributed by atoms with Gasteiger partial charge in [-0.25, -0.2) is 4.98 Å². The molecular formula is C9H8BrN3O. The van der Waals surface area contributed by atoms with Gasteiger partial charge in [-0.2, -0.15) is 5.10 Å². The van der Waals surface area contributed by atoms with Crippen molar-refractivity contribution in [1.29, 1.82) is 0 Å². The Morgan fingerprint density at radius 2 is 2.29 bits per heavy atom. The molecule has 1 saturated carbocycles. The van der Waals surface area contributed by atoms with Crippen molar-refractivity contribution in [3.05, 3.63) is 16.9 Å². The highest BCUT2D eigenvalue weighted by molar-refractivity contribution is 9.10. The van der Waals surface area contributed by atoms with E-state index in [4.69, 9.17) is 4.74 Å². The number of nitrogens with one attached hydrogen (secondary N) is 1. The maximum atomic E-state index is 5.66. The molecular weight excluding hydrogens is 246 g/mol. The van der Waals surface area contributed by atoms with Crippen molar-refractivity contribution < 1.29 is 4.74 Å². The van der Waals surface area contributed by atoms with Gasteiger partial charge >= 0.3 is 0 Å². The smallest absolute Gasteiger partial charge is 0.224 e. The van der Waals surface area contributed by atoms with Gasteiger partial charge in [0.1, 0.15) is 6.10 Å². The molecule has 4 nitrogen and oxygen atoms in total. The molecule has 0 saturated heterocycles. The van der Waals surface area contributed by atoms with Gasteiger partial charge in [0.05, 0.1) is 21.6 Å². The summed E-state index contributed by atoms with van der Waals surface area (Å²) in [7, 11) is 0. The summed E-state index contributed by atoms with van der Waals surface area (Å²) in [6.45, 7) is 0. The first-order valence-corrected chi connectivity index (χ1v) is 5.28. The van der Waals surface area contributed by atoms with E-state index in [9.17, 15) is 0 Å². The molecule has 3 rings (SSSR count). The quantitative estimate of drug-likeness (QED) is 0.894. The molecule has 2 aromatic heterocycles. The molecule has 72 valence electrons. The zero-order valence-electron chi connectivity index (χ0n) is 7.33. The number of hydrogen-bond donors (Lipinski definition) is 1. The number of H-pyrrole nitrogens is 1. The minimum absolute atomic E-state index is 0.363. The largest absolute Gasteiger partial charge is 0.474 e. The Labute approximate surface area is 88.8 Å². The zero-order valence-corrected chi connectivity index (χ0v) is 8.91. The molecule has 0 amide bonds. The Kier molecular flexibility index (Phi) is 1.73. The van der Waals surface area contributed by atoms with Crippen molar-refractivity contribution in [2.24, 2.45) is 0 Å². The summed E-state index contributed by atoms with van der Waals surface area (Å²) in [6, 6.07) is 0. The van der Waals surface area contributed by atoms with Crippen LogP contribution in [0.2, 0.25) is 0 Å².